The molecule has 17 heavy (non-hydrogen) atoms. The van der Waals surface area contributed by atoms with Crippen LogP contribution < -0.4 is 14.2 Å². The van der Waals surface area contributed by atoms with E-state index in [9.17, 15) is 8.42 Å². The fraction of sp³-hybridized carbons (Fsp3) is 0.455. The van der Waals surface area contributed by atoms with E-state index in [2.05, 4.69) is 4.72 Å². The van der Waals surface area contributed by atoms with Crippen LogP contribution in [0.5, 0.6) is 11.5 Å². The van der Waals surface area contributed by atoms with Gasteiger partial charge in [0, 0.05) is 6.07 Å². The Morgan fingerprint density at radius 2 is 2.06 bits per heavy atom. The number of sulfonamides is 1. The lowest BCUT2D eigenvalue weighted by atomic mass is 10.3. The van der Waals surface area contributed by atoms with Crippen molar-refractivity contribution in [3.05, 3.63) is 18.2 Å². The van der Waals surface area contributed by atoms with Crippen LogP contribution in [0.2, 0.25) is 0 Å². The first kappa shape index (κ1) is 12.0. The number of rotatable bonds is 5. The molecule has 1 aliphatic carbocycles. The zero-order chi connectivity index (χ0) is 12.5. The highest BCUT2D eigenvalue weighted by Gasteiger charge is 2.23. The predicted molar refractivity (Wildman–Crippen MR) is 65.1 cm³/mol. The van der Waals surface area contributed by atoms with Crippen LogP contribution in [0, 0.1) is 0 Å². The van der Waals surface area contributed by atoms with Crippen molar-refractivity contribution in [2.45, 2.75) is 18.9 Å². The summed E-state index contributed by atoms with van der Waals surface area (Å²) in [6, 6.07) is 5.05. The third-order valence-electron chi connectivity index (χ3n) is 2.30. The highest BCUT2D eigenvalue weighted by atomic mass is 32.2. The molecule has 0 bridgehead atoms. The highest BCUT2D eigenvalue weighted by Crippen LogP contribution is 2.33. The summed E-state index contributed by atoms with van der Waals surface area (Å²) >= 11 is 0. The van der Waals surface area contributed by atoms with E-state index in [1.54, 1.807) is 18.2 Å². The normalized spacial score (nSPS) is 15.4. The predicted octanol–water partition coefficient (Wildman–Crippen LogP) is 1.61. The lowest BCUT2D eigenvalue weighted by molar-refractivity contribution is 0.301. The molecule has 1 fully saturated rings. The van der Waals surface area contributed by atoms with Gasteiger partial charge in [-0.25, -0.2) is 8.42 Å². The molecular formula is C11H15NO4S. The van der Waals surface area contributed by atoms with Gasteiger partial charge in [-0.3, -0.25) is 4.72 Å². The smallest absolute Gasteiger partial charge is 0.229 e. The summed E-state index contributed by atoms with van der Waals surface area (Å²) in [5.41, 5.74) is 0.415. The molecule has 1 aromatic rings. The summed E-state index contributed by atoms with van der Waals surface area (Å²) in [6.45, 7) is 0. The van der Waals surface area contributed by atoms with Crippen molar-refractivity contribution in [1.82, 2.24) is 0 Å². The molecule has 1 saturated carbocycles. The lowest BCUT2D eigenvalue weighted by Gasteiger charge is -2.12. The van der Waals surface area contributed by atoms with Gasteiger partial charge in [-0.15, -0.1) is 0 Å². The Kier molecular flexibility index (Phi) is 3.15. The van der Waals surface area contributed by atoms with Crippen molar-refractivity contribution in [3.8, 4) is 11.5 Å². The molecule has 0 spiro atoms. The topological polar surface area (TPSA) is 64.6 Å². The molecule has 5 nitrogen and oxygen atoms in total. The van der Waals surface area contributed by atoms with Crippen LogP contribution in [-0.4, -0.2) is 27.9 Å². The Balaban J connectivity index is 2.21. The molecule has 0 radical (unpaired) electrons. The SMILES string of the molecule is COc1cc(OC2CC2)ccc1NS(C)(=O)=O. The van der Waals surface area contributed by atoms with E-state index in [0.717, 1.165) is 19.1 Å². The van der Waals surface area contributed by atoms with E-state index in [0.29, 0.717) is 23.3 Å². The van der Waals surface area contributed by atoms with Crippen molar-refractivity contribution >= 4 is 15.7 Å². The quantitative estimate of drug-likeness (QED) is 0.870. The van der Waals surface area contributed by atoms with Crippen molar-refractivity contribution in [2.75, 3.05) is 18.1 Å². The Morgan fingerprint density at radius 1 is 1.35 bits per heavy atom. The van der Waals surface area contributed by atoms with Crippen LogP contribution in [0.25, 0.3) is 0 Å². The maximum absolute atomic E-state index is 11.1. The first-order valence-electron chi connectivity index (χ1n) is 5.30. The highest BCUT2D eigenvalue weighted by molar-refractivity contribution is 7.92. The third kappa shape index (κ3) is 3.52. The molecule has 2 rings (SSSR count). The molecular weight excluding hydrogens is 242 g/mol. The molecule has 1 N–H and O–H groups in total. The zero-order valence-electron chi connectivity index (χ0n) is 9.76. The second-order valence-corrected chi connectivity index (χ2v) is 5.80. The van der Waals surface area contributed by atoms with Crippen molar-refractivity contribution in [3.63, 3.8) is 0 Å². The summed E-state index contributed by atoms with van der Waals surface area (Å²) in [4.78, 5) is 0. The van der Waals surface area contributed by atoms with Crippen molar-refractivity contribution in [1.29, 1.82) is 0 Å². The number of benzene rings is 1. The number of hydrogen-bond acceptors (Lipinski definition) is 4. The fourth-order valence-electron chi connectivity index (χ4n) is 1.41. The van der Waals surface area contributed by atoms with Crippen molar-refractivity contribution < 1.29 is 17.9 Å². The first-order valence-corrected chi connectivity index (χ1v) is 7.19. The first-order chi connectivity index (χ1) is 7.98. The maximum Gasteiger partial charge on any atom is 0.229 e. The van der Waals surface area contributed by atoms with Gasteiger partial charge in [-0.05, 0) is 25.0 Å². The van der Waals surface area contributed by atoms with Crippen LogP contribution in [0.1, 0.15) is 12.8 Å². The van der Waals surface area contributed by atoms with Crippen LogP contribution in [-0.2, 0) is 10.0 Å². The summed E-state index contributed by atoms with van der Waals surface area (Å²) in [6.07, 6.45) is 3.55. The van der Waals surface area contributed by atoms with Crippen LogP contribution in [0.3, 0.4) is 0 Å². The van der Waals surface area contributed by atoms with Gasteiger partial charge in [0.2, 0.25) is 10.0 Å². The molecule has 0 unspecified atom stereocenters. The Labute approximate surface area is 101 Å². The Morgan fingerprint density at radius 3 is 2.59 bits per heavy atom. The van der Waals surface area contributed by atoms with E-state index in [1.165, 1.54) is 7.11 Å². The van der Waals surface area contributed by atoms with Gasteiger partial charge in [0.15, 0.2) is 0 Å². The molecule has 1 aromatic carbocycles. The standard InChI is InChI=1S/C11H15NO4S/c1-15-11-7-9(16-8-3-4-8)5-6-10(11)12-17(2,13)14/h5-8,12H,3-4H2,1-2H3. The molecule has 0 amide bonds. The summed E-state index contributed by atoms with van der Waals surface area (Å²) in [5, 5.41) is 0. The monoisotopic (exact) mass is 257 g/mol. The van der Waals surface area contributed by atoms with Crippen molar-refractivity contribution in [2.24, 2.45) is 0 Å². The van der Waals surface area contributed by atoms with Gasteiger partial charge < -0.3 is 9.47 Å². The summed E-state index contributed by atoms with van der Waals surface area (Å²) < 4.78 is 35.4. The molecule has 0 atom stereocenters. The minimum Gasteiger partial charge on any atom is -0.494 e. The average molecular weight is 257 g/mol. The summed E-state index contributed by atoms with van der Waals surface area (Å²) in [5.74, 6) is 1.15. The minimum absolute atomic E-state index is 0.299. The number of anilines is 1. The van der Waals surface area contributed by atoms with Gasteiger partial charge in [0.1, 0.15) is 11.5 Å². The van der Waals surface area contributed by atoms with Gasteiger partial charge in [-0.2, -0.15) is 0 Å². The second-order valence-electron chi connectivity index (χ2n) is 4.05. The van der Waals surface area contributed by atoms with E-state index < -0.39 is 10.0 Å². The number of methoxy groups -OCH3 is 1. The fourth-order valence-corrected chi connectivity index (χ4v) is 1.98. The van der Waals surface area contributed by atoms with Gasteiger partial charge >= 0.3 is 0 Å². The molecule has 6 heteroatoms. The number of nitrogens with one attached hydrogen (secondary N) is 1. The molecule has 0 heterocycles. The lowest BCUT2D eigenvalue weighted by Crippen LogP contribution is -2.10. The molecule has 1 aliphatic rings. The van der Waals surface area contributed by atoms with Gasteiger partial charge in [0.25, 0.3) is 0 Å². The molecule has 0 aliphatic heterocycles. The van der Waals surface area contributed by atoms with Gasteiger partial charge in [0.05, 0.1) is 25.2 Å². The largest absolute Gasteiger partial charge is 0.494 e. The summed E-state index contributed by atoms with van der Waals surface area (Å²) in [7, 11) is -1.81. The Bertz CT molecular complexity index is 508. The van der Waals surface area contributed by atoms with Gasteiger partial charge in [-0.1, -0.05) is 0 Å². The third-order valence-corrected chi connectivity index (χ3v) is 2.89. The average Bonchev–Trinajstić information content (AvgIpc) is 3.02. The molecule has 0 saturated heterocycles. The van der Waals surface area contributed by atoms with E-state index >= 15 is 0 Å². The maximum atomic E-state index is 11.1. The second kappa shape index (κ2) is 4.44. The zero-order valence-corrected chi connectivity index (χ0v) is 10.6. The van der Waals surface area contributed by atoms with Crippen LogP contribution in [0.15, 0.2) is 18.2 Å². The Hall–Kier alpha value is -1.43. The number of hydrogen-bond donors (Lipinski definition) is 1. The molecule has 94 valence electrons. The van der Waals surface area contributed by atoms with E-state index in [-0.39, 0.29) is 0 Å². The number of ether oxygens (including phenoxy) is 2. The van der Waals surface area contributed by atoms with E-state index in [1.807, 2.05) is 0 Å². The van der Waals surface area contributed by atoms with Crippen LogP contribution in [0.4, 0.5) is 5.69 Å². The van der Waals surface area contributed by atoms with Crippen LogP contribution >= 0.6 is 0 Å². The van der Waals surface area contributed by atoms with E-state index in [4.69, 9.17) is 9.47 Å². The minimum atomic E-state index is -3.30. The molecule has 0 aromatic heterocycles.